The molecule has 3 aliphatic heterocycles. The van der Waals surface area contributed by atoms with Crippen LogP contribution in [0.2, 0.25) is 0 Å². The van der Waals surface area contributed by atoms with E-state index in [1.165, 1.54) is 13.5 Å². The van der Waals surface area contributed by atoms with E-state index in [0.717, 1.165) is 44.8 Å². The van der Waals surface area contributed by atoms with Crippen molar-refractivity contribution in [1.82, 2.24) is 20.1 Å². The van der Waals surface area contributed by atoms with Crippen LogP contribution in [0.25, 0.3) is 0 Å². The number of amides is 3. The van der Waals surface area contributed by atoms with Gasteiger partial charge in [-0.1, -0.05) is 0 Å². The average Bonchev–Trinajstić information content (AvgIpc) is 3.23. The standard InChI is InChI=1S/C21H30N6O4S/c1-30-19(32)23-14-17-15-27(21(29)31-17)16-5-6-18(22-13-16)24-9-11-26(12-10-24)20(28)25-7-3-2-4-8-25/h5-6,13,17H,2-4,7-12,14-15H2,1H3,(H,23,32). The fraction of sp³-hybridized carbons (Fsp3) is 0.619. The van der Waals surface area contributed by atoms with Gasteiger partial charge in [0.15, 0.2) is 0 Å². The number of thiocarbonyl (C=S) groups is 1. The number of carbonyl (C=O) groups excluding carboxylic acids is 2. The Balaban J connectivity index is 1.28. The molecule has 10 nitrogen and oxygen atoms in total. The topological polar surface area (TPSA) is 90.5 Å². The maximum absolute atomic E-state index is 12.7. The fourth-order valence-corrected chi connectivity index (χ4v) is 4.33. The molecule has 3 saturated heterocycles. The second-order valence-electron chi connectivity index (χ2n) is 8.17. The molecular formula is C21H30N6O4S. The van der Waals surface area contributed by atoms with Crippen LogP contribution >= 0.6 is 12.2 Å². The van der Waals surface area contributed by atoms with Crippen molar-refractivity contribution < 1.29 is 19.1 Å². The third kappa shape index (κ3) is 5.14. The fourth-order valence-electron chi connectivity index (χ4n) is 4.25. The van der Waals surface area contributed by atoms with E-state index in [4.69, 9.17) is 21.7 Å². The van der Waals surface area contributed by atoms with Crippen LogP contribution in [0.3, 0.4) is 0 Å². The summed E-state index contributed by atoms with van der Waals surface area (Å²) in [6.45, 7) is 5.41. The van der Waals surface area contributed by atoms with Gasteiger partial charge in [-0.3, -0.25) is 4.90 Å². The number of nitrogens with one attached hydrogen (secondary N) is 1. The molecule has 0 saturated carbocycles. The molecular weight excluding hydrogens is 432 g/mol. The van der Waals surface area contributed by atoms with Gasteiger partial charge < -0.3 is 29.5 Å². The average molecular weight is 463 g/mol. The highest BCUT2D eigenvalue weighted by molar-refractivity contribution is 7.80. The number of carbonyl (C=O) groups is 2. The number of hydrogen-bond acceptors (Lipinski definition) is 7. The Morgan fingerprint density at radius 3 is 2.53 bits per heavy atom. The summed E-state index contributed by atoms with van der Waals surface area (Å²) in [5.74, 6) is 0.843. The zero-order valence-corrected chi connectivity index (χ0v) is 19.2. The minimum atomic E-state index is -0.403. The van der Waals surface area contributed by atoms with Gasteiger partial charge in [-0.25, -0.2) is 14.6 Å². The molecule has 1 atom stereocenters. The molecule has 0 aliphatic carbocycles. The third-order valence-electron chi connectivity index (χ3n) is 6.08. The first-order chi connectivity index (χ1) is 15.5. The molecule has 3 amide bonds. The number of aromatic nitrogens is 1. The van der Waals surface area contributed by atoms with Gasteiger partial charge in [0, 0.05) is 39.3 Å². The summed E-state index contributed by atoms with van der Waals surface area (Å²) >= 11 is 4.95. The molecule has 0 bridgehead atoms. The number of piperazine rings is 1. The van der Waals surface area contributed by atoms with E-state index in [1.807, 2.05) is 21.9 Å². The van der Waals surface area contributed by atoms with Crippen LogP contribution in [-0.2, 0) is 9.47 Å². The van der Waals surface area contributed by atoms with Gasteiger partial charge in [-0.05, 0) is 43.6 Å². The molecule has 1 aromatic heterocycles. The number of hydrogen-bond donors (Lipinski definition) is 1. The van der Waals surface area contributed by atoms with Gasteiger partial charge in [0.2, 0.25) is 0 Å². The minimum Gasteiger partial charge on any atom is -0.474 e. The number of rotatable bonds is 4. The molecule has 3 fully saturated rings. The molecule has 4 rings (SSSR count). The van der Waals surface area contributed by atoms with Crippen molar-refractivity contribution in [2.45, 2.75) is 25.4 Å². The number of nitrogens with zero attached hydrogens (tertiary/aromatic N) is 5. The molecule has 3 aliphatic rings. The normalized spacial score (nSPS) is 21.4. The zero-order chi connectivity index (χ0) is 22.5. The predicted octanol–water partition coefficient (Wildman–Crippen LogP) is 1.66. The van der Waals surface area contributed by atoms with E-state index >= 15 is 0 Å². The lowest BCUT2D eigenvalue weighted by Crippen LogP contribution is -2.53. The highest BCUT2D eigenvalue weighted by atomic mass is 32.1. The number of likely N-dealkylation sites (tertiary alicyclic amines) is 1. The van der Waals surface area contributed by atoms with Crippen LogP contribution in [0.4, 0.5) is 21.1 Å². The van der Waals surface area contributed by atoms with Crippen molar-refractivity contribution in [3.8, 4) is 0 Å². The zero-order valence-electron chi connectivity index (χ0n) is 18.4. The Hall–Kier alpha value is -2.82. The molecule has 0 radical (unpaired) electrons. The predicted molar refractivity (Wildman–Crippen MR) is 124 cm³/mol. The first kappa shape index (κ1) is 22.4. The summed E-state index contributed by atoms with van der Waals surface area (Å²) in [6, 6.07) is 3.95. The third-order valence-corrected chi connectivity index (χ3v) is 6.39. The van der Waals surface area contributed by atoms with E-state index in [2.05, 4.69) is 15.2 Å². The molecule has 11 heteroatoms. The van der Waals surface area contributed by atoms with Gasteiger partial charge in [-0.15, -0.1) is 0 Å². The number of pyridine rings is 1. The minimum absolute atomic E-state index is 0.163. The first-order valence-corrected chi connectivity index (χ1v) is 11.5. The van der Waals surface area contributed by atoms with Crippen LogP contribution in [-0.4, -0.2) is 97.7 Å². The second-order valence-corrected chi connectivity index (χ2v) is 8.54. The Morgan fingerprint density at radius 1 is 1.16 bits per heavy atom. The summed E-state index contributed by atoms with van der Waals surface area (Å²) in [7, 11) is 1.49. The smallest absolute Gasteiger partial charge is 0.414 e. The van der Waals surface area contributed by atoms with Crippen LogP contribution in [0.5, 0.6) is 0 Å². The van der Waals surface area contributed by atoms with Gasteiger partial charge >= 0.3 is 12.1 Å². The lowest BCUT2D eigenvalue weighted by molar-refractivity contribution is 0.140. The summed E-state index contributed by atoms with van der Waals surface area (Å²) < 4.78 is 10.3. The van der Waals surface area contributed by atoms with Crippen molar-refractivity contribution in [2.75, 3.05) is 69.3 Å². The maximum Gasteiger partial charge on any atom is 0.414 e. The van der Waals surface area contributed by atoms with Crippen molar-refractivity contribution in [3.63, 3.8) is 0 Å². The highest BCUT2D eigenvalue weighted by Crippen LogP contribution is 2.24. The molecule has 0 spiro atoms. The van der Waals surface area contributed by atoms with E-state index in [9.17, 15) is 9.59 Å². The SMILES string of the molecule is COC(=S)NCC1CN(c2ccc(N3CCN(C(=O)N4CCCCC4)CC3)nc2)C(=O)O1. The van der Waals surface area contributed by atoms with Crippen molar-refractivity contribution in [2.24, 2.45) is 0 Å². The molecule has 174 valence electrons. The number of cyclic esters (lactones) is 1. The number of urea groups is 1. The van der Waals surface area contributed by atoms with Crippen LogP contribution in [0, 0.1) is 0 Å². The molecule has 32 heavy (non-hydrogen) atoms. The van der Waals surface area contributed by atoms with E-state index in [1.54, 1.807) is 11.1 Å². The van der Waals surface area contributed by atoms with Crippen molar-refractivity contribution >= 4 is 41.0 Å². The number of anilines is 2. The highest BCUT2D eigenvalue weighted by Gasteiger charge is 2.33. The molecule has 4 heterocycles. The maximum atomic E-state index is 12.7. The van der Waals surface area contributed by atoms with E-state index in [-0.39, 0.29) is 17.3 Å². The van der Waals surface area contributed by atoms with Crippen LogP contribution < -0.4 is 15.1 Å². The number of piperidine rings is 1. The quantitative estimate of drug-likeness (QED) is 0.676. The lowest BCUT2D eigenvalue weighted by atomic mass is 10.1. The molecule has 1 unspecified atom stereocenters. The summed E-state index contributed by atoms with van der Waals surface area (Å²) in [5, 5.41) is 3.17. The van der Waals surface area contributed by atoms with Gasteiger partial charge in [-0.2, -0.15) is 0 Å². The lowest BCUT2D eigenvalue weighted by Gasteiger charge is -2.39. The molecule has 0 aromatic carbocycles. The van der Waals surface area contributed by atoms with Gasteiger partial charge in [0.25, 0.3) is 5.17 Å². The van der Waals surface area contributed by atoms with Gasteiger partial charge in [0.05, 0.1) is 32.1 Å². The monoisotopic (exact) mass is 462 g/mol. The Bertz CT molecular complexity index is 824. The van der Waals surface area contributed by atoms with Crippen molar-refractivity contribution in [1.29, 1.82) is 0 Å². The summed E-state index contributed by atoms with van der Waals surface area (Å²) in [4.78, 5) is 37.2. The Morgan fingerprint density at radius 2 is 1.88 bits per heavy atom. The van der Waals surface area contributed by atoms with Crippen molar-refractivity contribution in [3.05, 3.63) is 18.3 Å². The van der Waals surface area contributed by atoms with Gasteiger partial charge in [0.1, 0.15) is 11.9 Å². The summed E-state index contributed by atoms with van der Waals surface area (Å²) in [6.07, 6.45) is 4.39. The van der Waals surface area contributed by atoms with Crippen LogP contribution in [0.1, 0.15) is 19.3 Å². The van der Waals surface area contributed by atoms with E-state index in [0.29, 0.717) is 31.9 Å². The largest absolute Gasteiger partial charge is 0.474 e. The molecule has 1 N–H and O–H groups in total. The number of ether oxygens (including phenoxy) is 2. The molecule has 1 aromatic rings. The Kier molecular flexibility index (Phi) is 7.13. The number of methoxy groups -OCH3 is 1. The van der Waals surface area contributed by atoms with Crippen LogP contribution in [0.15, 0.2) is 18.3 Å². The van der Waals surface area contributed by atoms with E-state index < -0.39 is 6.09 Å². The summed E-state index contributed by atoms with van der Waals surface area (Å²) in [5.41, 5.74) is 0.689. The Labute approximate surface area is 193 Å². The second kappa shape index (κ2) is 10.2. The first-order valence-electron chi connectivity index (χ1n) is 11.1.